The van der Waals surface area contributed by atoms with Crippen molar-refractivity contribution in [2.45, 2.75) is 58.0 Å². The average molecular weight is 225 g/mol. The highest BCUT2D eigenvalue weighted by Crippen LogP contribution is 2.37. The quantitative estimate of drug-likeness (QED) is 0.750. The Morgan fingerprint density at radius 2 is 2.12 bits per heavy atom. The van der Waals surface area contributed by atoms with E-state index in [1.165, 1.54) is 38.5 Å². The van der Waals surface area contributed by atoms with Crippen molar-refractivity contribution in [2.75, 3.05) is 19.7 Å². The lowest BCUT2D eigenvalue weighted by atomic mass is 9.78. The number of hydrogen-bond donors (Lipinski definition) is 1. The summed E-state index contributed by atoms with van der Waals surface area (Å²) < 4.78 is 6.30. The second kappa shape index (κ2) is 5.50. The lowest BCUT2D eigenvalue weighted by molar-refractivity contribution is -0.0830. The van der Waals surface area contributed by atoms with Gasteiger partial charge in [0, 0.05) is 6.54 Å². The fourth-order valence-electron chi connectivity index (χ4n) is 2.89. The van der Waals surface area contributed by atoms with Gasteiger partial charge in [-0.3, -0.25) is 0 Å². The molecule has 0 aromatic heterocycles. The molecular weight excluding hydrogens is 198 g/mol. The van der Waals surface area contributed by atoms with E-state index in [1.54, 1.807) is 0 Å². The lowest BCUT2D eigenvalue weighted by Crippen LogP contribution is -2.46. The van der Waals surface area contributed by atoms with E-state index in [1.807, 2.05) is 0 Å². The second-order valence-electron chi connectivity index (χ2n) is 5.92. The van der Waals surface area contributed by atoms with E-state index in [2.05, 4.69) is 19.2 Å². The summed E-state index contributed by atoms with van der Waals surface area (Å²) in [6, 6.07) is 0. The van der Waals surface area contributed by atoms with Gasteiger partial charge in [0.15, 0.2) is 0 Å². The highest BCUT2D eigenvalue weighted by molar-refractivity contribution is 4.90. The van der Waals surface area contributed by atoms with Crippen LogP contribution in [-0.4, -0.2) is 25.3 Å². The Bertz CT molecular complexity index is 215. The number of nitrogens with one attached hydrogen (secondary N) is 1. The van der Waals surface area contributed by atoms with Crippen LogP contribution in [0.25, 0.3) is 0 Å². The molecule has 0 spiro atoms. The third-order valence-corrected chi connectivity index (χ3v) is 4.07. The van der Waals surface area contributed by atoms with E-state index in [0.717, 1.165) is 31.5 Å². The van der Waals surface area contributed by atoms with E-state index in [0.29, 0.717) is 0 Å². The van der Waals surface area contributed by atoms with Crippen molar-refractivity contribution in [3.05, 3.63) is 0 Å². The third-order valence-electron chi connectivity index (χ3n) is 4.07. The van der Waals surface area contributed by atoms with Crippen LogP contribution in [0.2, 0.25) is 0 Å². The van der Waals surface area contributed by atoms with E-state index < -0.39 is 0 Å². The number of likely N-dealkylation sites (N-methyl/N-ethyl adjacent to an activating group) is 1. The second-order valence-corrected chi connectivity index (χ2v) is 5.92. The van der Waals surface area contributed by atoms with Crippen molar-refractivity contribution in [2.24, 2.45) is 11.8 Å². The molecule has 0 aliphatic heterocycles. The first-order chi connectivity index (χ1) is 7.74. The van der Waals surface area contributed by atoms with Crippen LogP contribution < -0.4 is 5.32 Å². The van der Waals surface area contributed by atoms with Gasteiger partial charge in [0.2, 0.25) is 0 Å². The Labute approximate surface area is 100 Å². The molecule has 2 aliphatic rings. The SMILES string of the molecule is CCNCC1(OCC2CC2)CCCC(C)C1. The molecular formula is C14H27NO. The molecule has 2 nitrogen and oxygen atoms in total. The number of ether oxygens (including phenoxy) is 1. The van der Waals surface area contributed by atoms with Gasteiger partial charge in [-0.25, -0.2) is 0 Å². The predicted octanol–water partition coefficient (Wildman–Crippen LogP) is 2.97. The van der Waals surface area contributed by atoms with Gasteiger partial charge >= 0.3 is 0 Å². The summed E-state index contributed by atoms with van der Waals surface area (Å²) in [5, 5.41) is 3.50. The summed E-state index contributed by atoms with van der Waals surface area (Å²) in [6.07, 6.45) is 8.04. The molecule has 0 bridgehead atoms. The zero-order valence-corrected chi connectivity index (χ0v) is 10.9. The normalized spacial score (nSPS) is 35.2. The van der Waals surface area contributed by atoms with Gasteiger partial charge < -0.3 is 10.1 Å². The van der Waals surface area contributed by atoms with Crippen molar-refractivity contribution < 1.29 is 4.74 Å². The van der Waals surface area contributed by atoms with Crippen molar-refractivity contribution >= 4 is 0 Å². The summed E-state index contributed by atoms with van der Waals surface area (Å²) in [4.78, 5) is 0. The maximum atomic E-state index is 6.30. The summed E-state index contributed by atoms with van der Waals surface area (Å²) >= 11 is 0. The largest absolute Gasteiger partial charge is 0.373 e. The first-order valence-electron chi connectivity index (χ1n) is 7.09. The first-order valence-corrected chi connectivity index (χ1v) is 7.09. The molecule has 0 aromatic rings. The van der Waals surface area contributed by atoms with Gasteiger partial charge in [0.1, 0.15) is 0 Å². The zero-order valence-electron chi connectivity index (χ0n) is 10.9. The Hall–Kier alpha value is -0.0800. The van der Waals surface area contributed by atoms with E-state index >= 15 is 0 Å². The molecule has 2 atom stereocenters. The molecule has 2 saturated carbocycles. The summed E-state index contributed by atoms with van der Waals surface area (Å²) in [7, 11) is 0. The van der Waals surface area contributed by atoms with Gasteiger partial charge in [0.05, 0.1) is 12.2 Å². The molecule has 0 aromatic carbocycles. The van der Waals surface area contributed by atoms with Crippen LogP contribution in [0.15, 0.2) is 0 Å². The Kier molecular flexibility index (Phi) is 4.26. The Morgan fingerprint density at radius 1 is 1.31 bits per heavy atom. The minimum atomic E-state index is 0.163. The van der Waals surface area contributed by atoms with Gasteiger partial charge in [-0.2, -0.15) is 0 Å². The van der Waals surface area contributed by atoms with Crippen LogP contribution in [-0.2, 0) is 4.74 Å². The highest BCUT2D eigenvalue weighted by atomic mass is 16.5. The molecule has 2 heteroatoms. The fourth-order valence-corrected chi connectivity index (χ4v) is 2.89. The molecule has 0 saturated heterocycles. The molecule has 0 heterocycles. The van der Waals surface area contributed by atoms with Crippen LogP contribution >= 0.6 is 0 Å². The molecule has 0 amide bonds. The molecule has 2 fully saturated rings. The monoisotopic (exact) mass is 225 g/mol. The van der Waals surface area contributed by atoms with Crippen LogP contribution in [0, 0.1) is 11.8 Å². The maximum absolute atomic E-state index is 6.30. The fraction of sp³-hybridized carbons (Fsp3) is 1.00. The van der Waals surface area contributed by atoms with Gasteiger partial charge in [-0.15, -0.1) is 0 Å². The van der Waals surface area contributed by atoms with Crippen molar-refractivity contribution in [3.8, 4) is 0 Å². The number of rotatable bonds is 6. The van der Waals surface area contributed by atoms with Gasteiger partial charge in [-0.1, -0.05) is 26.7 Å². The van der Waals surface area contributed by atoms with Gasteiger partial charge in [-0.05, 0) is 44.1 Å². The van der Waals surface area contributed by atoms with Crippen LogP contribution in [0.4, 0.5) is 0 Å². The smallest absolute Gasteiger partial charge is 0.0808 e. The molecule has 2 rings (SSSR count). The molecule has 94 valence electrons. The molecule has 2 aliphatic carbocycles. The molecule has 1 N–H and O–H groups in total. The van der Waals surface area contributed by atoms with Gasteiger partial charge in [0.25, 0.3) is 0 Å². The topological polar surface area (TPSA) is 21.3 Å². The number of hydrogen-bond acceptors (Lipinski definition) is 2. The van der Waals surface area contributed by atoms with E-state index in [-0.39, 0.29) is 5.60 Å². The van der Waals surface area contributed by atoms with E-state index in [9.17, 15) is 0 Å². The van der Waals surface area contributed by atoms with Crippen LogP contribution in [0.1, 0.15) is 52.4 Å². The van der Waals surface area contributed by atoms with Crippen molar-refractivity contribution in [1.29, 1.82) is 0 Å². The van der Waals surface area contributed by atoms with E-state index in [4.69, 9.17) is 4.74 Å². The minimum Gasteiger partial charge on any atom is -0.373 e. The molecule has 0 radical (unpaired) electrons. The minimum absolute atomic E-state index is 0.163. The predicted molar refractivity (Wildman–Crippen MR) is 67.6 cm³/mol. The standard InChI is InChI=1S/C14H27NO/c1-3-15-11-14(16-10-13-6-7-13)8-4-5-12(2)9-14/h12-13,15H,3-11H2,1-2H3. The lowest BCUT2D eigenvalue weighted by Gasteiger charge is -2.40. The Morgan fingerprint density at radius 3 is 2.75 bits per heavy atom. The van der Waals surface area contributed by atoms with Crippen LogP contribution in [0.5, 0.6) is 0 Å². The summed E-state index contributed by atoms with van der Waals surface area (Å²) in [5.41, 5.74) is 0.163. The van der Waals surface area contributed by atoms with Crippen molar-refractivity contribution in [1.82, 2.24) is 5.32 Å². The average Bonchev–Trinajstić information content (AvgIpc) is 3.08. The maximum Gasteiger partial charge on any atom is 0.0808 e. The zero-order chi connectivity index (χ0) is 11.4. The Balaban J connectivity index is 1.86. The van der Waals surface area contributed by atoms with Crippen molar-refractivity contribution in [3.63, 3.8) is 0 Å². The summed E-state index contributed by atoms with van der Waals surface area (Å²) in [5.74, 6) is 1.72. The first kappa shape index (κ1) is 12.4. The summed E-state index contributed by atoms with van der Waals surface area (Å²) in [6.45, 7) is 7.68. The third kappa shape index (κ3) is 3.46. The molecule has 2 unspecified atom stereocenters. The van der Waals surface area contributed by atoms with Crippen LogP contribution in [0.3, 0.4) is 0 Å². The highest BCUT2D eigenvalue weighted by Gasteiger charge is 2.37. The molecule has 16 heavy (non-hydrogen) atoms.